The molecule has 1 aliphatic heterocycles. The van der Waals surface area contributed by atoms with E-state index in [9.17, 15) is 18.4 Å². The third-order valence-electron chi connectivity index (χ3n) is 3.05. The summed E-state index contributed by atoms with van der Waals surface area (Å²) in [5.74, 6) is -4.83. The van der Waals surface area contributed by atoms with E-state index in [4.69, 9.17) is 9.84 Å². The van der Waals surface area contributed by atoms with Crippen molar-refractivity contribution in [3.8, 4) is 0 Å². The molecule has 1 fully saturated rings. The highest BCUT2D eigenvalue weighted by Gasteiger charge is 2.22. The fourth-order valence-corrected chi connectivity index (χ4v) is 2.02. The Hall–Kier alpha value is -2.02. The summed E-state index contributed by atoms with van der Waals surface area (Å²) in [5.41, 5.74) is -0.983. The quantitative estimate of drug-likeness (QED) is 0.880. The third-order valence-corrected chi connectivity index (χ3v) is 3.05. The zero-order chi connectivity index (χ0) is 14.7. The van der Waals surface area contributed by atoms with Gasteiger partial charge in [0.15, 0.2) is 11.6 Å². The molecule has 0 aromatic heterocycles. The molecule has 2 N–H and O–H groups in total. The van der Waals surface area contributed by atoms with E-state index >= 15 is 0 Å². The molecule has 2 rings (SSSR count). The van der Waals surface area contributed by atoms with E-state index in [1.54, 1.807) is 0 Å². The van der Waals surface area contributed by atoms with Crippen LogP contribution in [0.2, 0.25) is 0 Å². The number of amides is 1. The molecule has 1 amide bonds. The van der Waals surface area contributed by atoms with Gasteiger partial charge in [0, 0.05) is 13.2 Å². The van der Waals surface area contributed by atoms with Gasteiger partial charge in [-0.15, -0.1) is 0 Å². The predicted molar refractivity (Wildman–Crippen MR) is 64.6 cm³/mol. The molecule has 5 nitrogen and oxygen atoms in total. The van der Waals surface area contributed by atoms with Crippen LogP contribution in [0.3, 0.4) is 0 Å². The Balaban J connectivity index is 2.15. The molecule has 1 heterocycles. The van der Waals surface area contributed by atoms with Crippen LogP contribution in [0.15, 0.2) is 12.1 Å². The molecular weight excluding hydrogens is 272 g/mol. The number of carbonyl (C=O) groups excluding carboxylic acids is 1. The summed E-state index contributed by atoms with van der Waals surface area (Å²) in [6.45, 7) is 0.822. The van der Waals surface area contributed by atoms with Gasteiger partial charge in [-0.25, -0.2) is 13.6 Å². The van der Waals surface area contributed by atoms with Gasteiger partial charge >= 0.3 is 5.97 Å². The van der Waals surface area contributed by atoms with Crippen molar-refractivity contribution in [2.45, 2.75) is 18.9 Å². The monoisotopic (exact) mass is 285 g/mol. The van der Waals surface area contributed by atoms with Crippen molar-refractivity contribution in [1.82, 2.24) is 5.32 Å². The van der Waals surface area contributed by atoms with E-state index in [1.165, 1.54) is 0 Å². The van der Waals surface area contributed by atoms with Gasteiger partial charge < -0.3 is 15.2 Å². The lowest BCUT2D eigenvalue weighted by Crippen LogP contribution is -2.32. The molecule has 0 saturated carbocycles. The summed E-state index contributed by atoms with van der Waals surface area (Å²) in [7, 11) is 0. The second-order valence-corrected chi connectivity index (χ2v) is 4.46. The average molecular weight is 285 g/mol. The number of benzene rings is 1. The van der Waals surface area contributed by atoms with Gasteiger partial charge in [-0.2, -0.15) is 0 Å². The fourth-order valence-electron chi connectivity index (χ4n) is 2.02. The molecule has 1 atom stereocenters. The zero-order valence-electron chi connectivity index (χ0n) is 10.5. The number of carbonyl (C=O) groups is 2. The van der Waals surface area contributed by atoms with Crippen molar-refractivity contribution in [3.63, 3.8) is 0 Å². The number of hydrogen-bond donors (Lipinski definition) is 2. The lowest BCUT2D eigenvalue weighted by Gasteiger charge is -2.12. The highest BCUT2D eigenvalue weighted by molar-refractivity contribution is 6.04. The number of nitrogens with one attached hydrogen (secondary N) is 1. The maximum absolute atomic E-state index is 13.2. The third kappa shape index (κ3) is 3.11. The minimum Gasteiger partial charge on any atom is -0.478 e. The second kappa shape index (κ2) is 5.96. The van der Waals surface area contributed by atoms with Crippen LogP contribution in [0.25, 0.3) is 0 Å². The van der Waals surface area contributed by atoms with E-state index in [-0.39, 0.29) is 12.6 Å². The Morgan fingerprint density at radius 1 is 1.30 bits per heavy atom. The van der Waals surface area contributed by atoms with Gasteiger partial charge in [0.2, 0.25) is 0 Å². The standard InChI is InChI=1S/C13H13F2NO4/c14-10-4-8(9(13(18)19)5-11(10)15)12(17)16-6-7-2-1-3-20-7/h4-5,7H,1-3,6H2,(H,16,17)(H,18,19). The Bertz CT molecular complexity index is 541. The maximum atomic E-state index is 13.2. The Labute approximate surface area is 113 Å². The largest absolute Gasteiger partial charge is 0.478 e. The number of hydrogen-bond acceptors (Lipinski definition) is 3. The average Bonchev–Trinajstić information content (AvgIpc) is 2.91. The van der Waals surface area contributed by atoms with Crippen molar-refractivity contribution in [2.75, 3.05) is 13.2 Å². The predicted octanol–water partition coefficient (Wildman–Crippen LogP) is 1.57. The fraction of sp³-hybridized carbons (Fsp3) is 0.385. The number of halogens is 2. The summed E-state index contributed by atoms with van der Waals surface area (Å²) in [5, 5.41) is 11.4. The van der Waals surface area contributed by atoms with Crippen LogP contribution < -0.4 is 5.32 Å². The van der Waals surface area contributed by atoms with Crippen LogP contribution in [-0.2, 0) is 4.74 Å². The molecule has 1 aliphatic rings. The van der Waals surface area contributed by atoms with Gasteiger partial charge in [-0.3, -0.25) is 4.79 Å². The molecule has 108 valence electrons. The Kier molecular flexibility index (Phi) is 4.29. The molecular formula is C13H13F2NO4. The van der Waals surface area contributed by atoms with Crippen LogP contribution in [0.1, 0.15) is 33.6 Å². The summed E-state index contributed by atoms with van der Waals surface area (Å²) >= 11 is 0. The van der Waals surface area contributed by atoms with E-state index in [1.807, 2.05) is 0 Å². The number of rotatable bonds is 4. The van der Waals surface area contributed by atoms with Gasteiger partial charge in [0.1, 0.15) is 0 Å². The number of carboxylic acid groups (broad SMARTS) is 1. The van der Waals surface area contributed by atoms with E-state index in [2.05, 4.69) is 5.32 Å². The molecule has 1 aromatic carbocycles. The van der Waals surface area contributed by atoms with Crippen molar-refractivity contribution in [1.29, 1.82) is 0 Å². The lowest BCUT2D eigenvalue weighted by molar-refractivity contribution is 0.0688. The van der Waals surface area contributed by atoms with Crippen molar-refractivity contribution < 1.29 is 28.2 Å². The molecule has 0 spiro atoms. The van der Waals surface area contributed by atoms with E-state index in [0.29, 0.717) is 18.7 Å². The number of aromatic carboxylic acids is 1. The normalized spacial score (nSPS) is 18.0. The molecule has 1 aromatic rings. The first kappa shape index (κ1) is 14.4. The molecule has 0 radical (unpaired) electrons. The number of ether oxygens (including phenoxy) is 1. The summed E-state index contributed by atoms with van der Waals surface area (Å²) in [4.78, 5) is 22.8. The van der Waals surface area contributed by atoms with Crippen LogP contribution in [0, 0.1) is 11.6 Å². The topological polar surface area (TPSA) is 75.6 Å². The SMILES string of the molecule is O=C(O)c1cc(F)c(F)cc1C(=O)NCC1CCCO1. The Morgan fingerprint density at radius 3 is 2.50 bits per heavy atom. The summed E-state index contributed by atoms with van der Waals surface area (Å²) < 4.78 is 31.5. The minimum atomic E-state index is -1.49. The van der Waals surface area contributed by atoms with Crippen molar-refractivity contribution in [2.24, 2.45) is 0 Å². The highest BCUT2D eigenvalue weighted by atomic mass is 19.2. The summed E-state index contributed by atoms with van der Waals surface area (Å²) in [6.07, 6.45) is 1.56. The first-order valence-corrected chi connectivity index (χ1v) is 6.11. The van der Waals surface area contributed by atoms with Crippen molar-refractivity contribution in [3.05, 3.63) is 34.9 Å². The Morgan fingerprint density at radius 2 is 1.95 bits per heavy atom. The zero-order valence-corrected chi connectivity index (χ0v) is 10.5. The van der Waals surface area contributed by atoms with Crippen LogP contribution >= 0.6 is 0 Å². The highest BCUT2D eigenvalue weighted by Crippen LogP contribution is 2.16. The van der Waals surface area contributed by atoms with Crippen LogP contribution in [-0.4, -0.2) is 36.2 Å². The van der Waals surface area contributed by atoms with Crippen LogP contribution in [0.4, 0.5) is 8.78 Å². The maximum Gasteiger partial charge on any atom is 0.336 e. The molecule has 0 bridgehead atoms. The number of carboxylic acids is 1. The van der Waals surface area contributed by atoms with Gasteiger partial charge in [0.25, 0.3) is 5.91 Å². The summed E-state index contributed by atoms with van der Waals surface area (Å²) in [6, 6.07) is 1.09. The second-order valence-electron chi connectivity index (χ2n) is 4.46. The molecule has 0 aliphatic carbocycles. The molecule has 1 unspecified atom stereocenters. The van der Waals surface area contributed by atoms with Gasteiger partial charge in [-0.1, -0.05) is 0 Å². The van der Waals surface area contributed by atoms with E-state index < -0.39 is 34.6 Å². The first-order chi connectivity index (χ1) is 9.49. The molecule has 20 heavy (non-hydrogen) atoms. The molecule has 7 heteroatoms. The first-order valence-electron chi connectivity index (χ1n) is 6.11. The van der Waals surface area contributed by atoms with Gasteiger partial charge in [-0.05, 0) is 25.0 Å². The van der Waals surface area contributed by atoms with Gasteiger partial charge in [0.05, 0.1) is 17.2 Å². The smallest absolute Gasteiger partial charge is 0.336 e. The van der Waals surface area contributed by atoms with Crippen LogP contribution in [0.5, 0.6) is 0 Å². The van der Waals surface area contributed by atoms with Crippen molar-refractivity contribution >= 4 is 11.9 Å². The van der Waals surface area contributed by atoms with E-state index in [0.717, 1.165) is 12.8 Å². The lowest BCUT2D eigenvalue weighted by atomic mass is 10.1. The minimum absolute atomic E-state index is 0.127. The molecule has 1 saturated heterocycles.